The molecule has 0 aliphatic carbocycles. The SMILES string of the molecule is C=C(C)C(=O)OCCCC(C)(COC(=O)C(=C)C)OC(=O)C(=C)C. The van der Waals surface area contributed by atoms with E-state index in [4.69, 9.17) is 14.2 Å². The Labute approximate surface area is 143 Å². The molecule has 0 aromatic heterocycles. The first-order valence-corrected chi connectivity index (χ1v) is 7.52. The lowest BCUT2D eigenvalue weighted by Gasteiger charge is -2.29. The van der Waals surface area contributed by atoms with Gasteiger partial charge in [0.05, 0.1) is 6.61 Å². The topological polar surface area (TPSA) is 78.9 Å². The molecule has 0 spiro atoms. The van der Waals surface area contributed by atoms with Crippen LogP contribution in [0.5, 0.6) is 0 Å². The predicted molar refractivity (Wildman–Crippen MR) is 90.1 cm³/mol. The molecule has 0 heterocycles. The van der Waals surface area contributed by atoms with E-state index in [1.54, 1.807) is 13.8 Å². The molecule has 1 atom stereocenters. The molecule has 0 aliphatic rings. The molecule has 6 heteroatoms. The van der Waals surface area contributed by atoms with Gasteiger partial charge in [-0.25, -0.2) is 14.4 Å². The molecule has 0 bridgehead atoms. The first-order valence-electron chi connectivity index (χ1n) is 7.52. The maximum atomic E-state index is 11.8. The lowest BCUT2D eigenvalue weighted by Crippen LogP contribution is -2.38. The second-order valence-corrected chi connectivity index (χ2v) is 6.00. The summed E-state index contributed by atoms with van der Waals surface area (Å²) in [5.74, 6) is -1.63. The van der Waals surface area contributed by atoms with Crippen molar-refractivity contribution >= 4 is 17.9 Å². The fourth-order valence-electron chi connectivity index (χ4n) is 1.54. The van der Waals surface area contributed by atoms with Crippen LogP contribution >= 0.6 is 0 Å². The molecule has 0 amide bonds. The van der Waals surface area contributed by atoms with Crippen molar-refractivity contribution in [2.45, 2.75) is 46.1 Å². The van der Waals surface area contributed by atoms with E-state index < -0.39 is 23.5 Å². The van der Waals surface area contributed by atoms with Crippen LogP contribution in [0.1, 0.15) is 40.5 Å². The van der Waals surface area contributed by atoms with Crippen molar-refractivity contribution in [3.63, 3.8) is 0 Å². The van der Waals surface area contributed by atoms with Gasteiger partial charge >= 0.3 is 17.9 Å². The van der Waals surface area contributed by atoms with Crippen molar-refractivity contribution < 1.29 is 28.6 Å². The van der Waals surface area contributed by atoms with Crippen LogP contribution in [0.15, 0.2) is 36.5 Å². The van der Waals surface area contributed by atoms with Gasteiger partial charge in [0.25, 0.3) is 0 Å². The smallest absolute Gasteiger partial charge is 0.333 e. The minimum Gasteiger partial charge on any atom is -0.462 e. The van der Waals surface area contributed by atoms with E-state index in [1.807, 2.05) is 0 Å². The Morgan fingerprint density at radius 1 is 0.833 bits per heavy atom. The largest absolute Gasteiger partial charge is 0.462 e. The van der Waals surface area contributed by atoms with Crippen LogP contribution in [-0.2, 0) is 28.6 Å². The minimum absolute atomic E-state index is 0.133. The Bertz CT molecular complexity index is 546. The predicted octanol–water partition coefficient (Wildman–Crippen LogP) is 2.88. The van der Waals surface area contributed by atoms with Gasteiger partial charge in [0.2, 0.25) is 0 Å². The average Bonchev–Trinajstić information content (AvgIpc) is 2.48. The monoisotopic (exact) mass is 338 g/mol. The standard InChI is InChI=1S/C18H26O6/c1-12(2)15(19)22-10-8-9-18(7,24-17(21)14(5)6)11-23-16(20)13(3)4/h1,3,5,8-11H2,2,4,6-7H3. The zero-order chi connectivity index (χ0) is 18.9. The molecule has 0 fully saturated rings. The van der Waals surface area contributed by atoms with E-state index in [2.05, 4.69) is 19.7 Å². The van der Waals surface area contributed by atoms with Crippen LogP contribution < -0.4 is 0 Å². The number of rotatable bonds is 10. The molecular weight excluding hydrogens is 312 g/mol. The molecule has 0 radical (unpaired) electrons. The summed E-state index contributed by atoms with van der Waals surface area (Å²) >= 11 is 0. The van der Waals surface area contributed by atoms with E-state index in [1.165, 1.54) is 13.8 Å². The quantitative estimate of drug-likeness (QED) is 0.264. The summed E-state index contributed by atoms with van der Waals surface area (Å²) in [7, 11) is 0. The van der Waals surface area contributed by atoms with Gasteiger partial charge in [0.15, 0.2) is 0 Å². The summed E-state index contributed by atoms with van der Waals surface area (Å²) in [6, 6.07) is 0. The van der Waals surface area contributed by atoms with E-state index in [-0.39, 0.29) is 24.4 Å². The number of hydrogen-bond acceptors (Lipinski definition) is 6. The molecule has 0 saturated heterocycles. The van der Waals surface area contributed by atoms with E-state index in [0.29, 0.717) is 18.4 Å². The van der Waals surface area contributed by atoms with Gasteiger partial charge in [0.1, 0.15) is 12.2 Å². The number of carbonyl (C=O) groups is 3. The van der Waals surface area contributed by atoms with Crippen molar-refractivity contribution in [3.05, 3.63) is 36.5 Å². The van der Waals surface area contributed by atoms with E-state index in [9.17, 15) is 14.4 Å². The zero-order valence-electron chi connectivity index (χ0n) is 14.9. The number of hydrogen-bond donors (Lipinski definition) is 0. The molecule has 1 unspecified atom stereocenters. The van der Waals surface area contributed by atoms with Gasteiger partial charge in [-0.3, -0.25) is 0 Å². The highest BCUT2D eigenvalue weighted by Crippen LogP contribution is 2.21. The summed E-state index contributed by atoms with van der Waals surface area (Å²) in [5, 5.41) is 0. The molecule has 0 rings (SSSR count). The maximum absolute atomic E-state index is 11.8. The third-order valence-corrected chi connectivity index (χ3v) is 2.98. The van der Waals surface area contributed by atoms with E-state index >= 15 is 0 Å². The molecule has 0 aliphatic heterocycles. The normalized spacial score (nSPS) is 12.5. The number of esters is 3. The molecular formula is C18H26O6. The van der Waals surface area contributed by atoms with Gasteiger partial charge in [-0.05, 0) is 40.5 Å². The molecule has 0 aromatic rings. The molecule has 134 valence electrons. The summed E-state index contributed by atoms with van der Waals surface area (Å²) in [4.78, 5) is 34.7. The van der Waals surface area contributed by atoms with Gasteiger partial charge < -0.3 is 14.2 Å². The highest BCUT2D eigenvalue weighted by Gasteiger charge is 2.31. The first-order chi connectivity index (χ1) is 11.0. The van der Waals surface area contributed by atoms with Crippen LogP contribution in [0.2, 0.25) is 0 Å². The molecule has 0 saturated carbocycles. The Morgan fingerprint density at radius 3 is 1.75 bits per heavy atom. The highest BCUT2D eigenvalue weighted by atomic mass is 16.6. The van der Waals surface area contributed by atoms with Crippen molar-refractivity contribution in [3.8, 4) is 0 Å². The average molecular weight is 338 g/mol. The third kappa shape index (κ3) is 8.31. The summed E-state index contributed by atoms with van der Waals surface area (Å²) in [6.07, 6.45) is 0.753. The Balaban J connectivity index is 4.73. The summed E-state index contributed by atoms with van der Waals surface area (Å²) in [5.41, 5.74) is -0.265. The number of carbonyl (C=O) groups excluding carboxylic acids is 3. The lowest BCUT2D eigenvalue weighted by molar-refractivity contribution is -0.167. The summed E-state index contributed by atoms with van der Waals surface area (Å²) < 4.78 is 15.5. The van der Waals surface area contributed by atoms with Gasteiger partial charge in [0, 0.05) is 16.7 Å². The van der Waals surface area contributed by atoms with Gasteiger partial charge in [-0.2, -0.15) is 0 Å². The van der Waals surface area contributed by atoms with Crippen LogP contribution in [0.4, 0.5) is 0 Å². The van der Waals surface area contributed by atoms with Crippen LogP contribution in [0, 0.1) is 0 Å². The highest BCUT2D eigenvalue weighted by molar-refractivity contribution is 5.88. The number of ether oxygens (including phenoxy) is 3. The Kier molecular flexibility index (Phi) is 8.74. The van der Waals surface area contributed by atoms with Crippen molar-refractivity contribution in [1.29, 1.82) is 0 Å². The fourth-order valence-corrected chi connectivity index (χ4v) is 1.54. The Hall–Kier alpha value is -2.37. The molecule has 24 heavy (non-hydrogen) atoms. The lowest BCUT2D eigenvalue weighted by atomic mass is 10.0. The summed E-state index contributed by atoms with van der Waals surface area (Å²) in [6.45, 7) is 16.8. The Morgan fingerprint density at radius 2 is 1.29 bits per heavy atom. The van der Waals surface area contributed by atoms with Crippen molar-refractivity contribution in [2.75, 3.05) is 13.2 Å². The van der Waals surface area contributed by atoms with Crippen LogP contribution in [-0.4, -0.2) is 36.7 Å². The zero-order valence-corrected chi connectivity index (χ0v) is 14.9. The second kappa shape index (κ2) is 9.70. The fraction of sp³-hybridized carbons (Fsp3) is 0.500. The van der Waals surface area contributed by atoms with E-state index in [0.717, 1.165) is 0 Å². The second-order valence-electron chi connectivity index (χ2n) is 6.00. The molecule has 6 nitrogen and oxygen atoms in total. The van der Waals surface area contributed by atoms with Crippen molar-refractivity contribution in [1.82, 2.24) is 0 Å². The third-order valence-electron chi connectivity index (χ3n) is 2.98. The van der Waals surface area contributed by atoms with Crippen molar-refractivity contribution in [2.24, 2.45) is 0 Å². The van der Waals surface area contributed by atoms with Gasteiger partial charge in [-0.15, -0.1) is 0 Å². The first kappa shape index (κ1) is 21.6. The molecule has 0 aromatic carbocycles. The maximum Gasteiger partial charge on any atom is 0.333 e. The van der Waals surface area contributed by atoms with Gasteiger partial charge in [-0.1, -0.05) is 19.7 Å². The molecule has 0 N–H and O–H groups in total. The minimum atomic E-state index is -1.06. The van der Waals surface area contributed by atoms with Crippen LogP contribution in [0.3, 0.4) is 0 Å². The van der Waals surface area contributed by atoms with Crippen LogP contribution in [0.25, 0.3) is 0 Å².